The summed E-state index contributed by atoms with van der Waals surface area (Å²) >= 11 is 3.51. The fourth-order valence-electron chi connectivity index (χ4n) is 0.814. The van der Waals surface area contributed by atoms with E-state index in [1.807, 2.05) is 0 Å². The minimum atomic E-state index is -0.608. The zero-order chi connectivity index (χ0) is 9.14. The Bertz CT molecular complexity index is 304. The maximum atomic E-state index is 10.7. The fourth-order valence-corrected chi connectivity index (χ4v) is 1.00. The van der Waals surface area contributed by atoms with Gasteiger partial charge in [-0.15, -0.1) is 12.6 Å². The number of thiol groups is 1. The normalized spacial score (nSPS) is 9.42. The highest BCUT2D eigenvalue weighted by atomic mass is 32.1. The van der Waals surface area contributed by atoms with Crippen molar-refractivity contribution < 1.29 is 9.72 Å². The van der Waals surface area contributed by atoms with Gasteiger partial charge in [-0.2, -0.15) is 0 Å². The molecule has 0 bridgehead atoms. The molecule has 0 amide bonds. The summed E-state index contributed by atoms with van der Waals surface area (Å²) in [5, 5.41) is 9.75. The second-order valence-electron chi connectivity index (χ2n) is 2.08. The molecule has 62 valence electrons. The predicted molar refractivity (Wildman–Crippen MR) is 46.4 cm³/mol. The van der Waals surface area contributed by atoms with E-state index in [9.17, 15) is 14.9 Å². The number of rotatable bonds is 2. The van der Waals surface area contributed by atoms with Gasteiger partial charge >= 0.3 is 0 Å². The molecule has 0 atom stereocenters. The zero-order valence-electron chi connectivity index (χ0n) is 5.93. The minimum Gasteiger partial charge on any atom is -0.282 e. The number of para-hydroxylation sites is 1. The van der Waals surface area contributed by atoms with Crippen LogP contribution in [0.15, 0.2) is 24.3 Å². The van der Waals surface area contributed by atoms with E-state index in [1.165, 1.54) is 18.2 Å². The molecule has 0 aromatic heterocycles. The Balaban J connectivity index is 3.27. The van der Waals surface area contributed by atoms with E-state index < -0.39 is 10.0 Å². The molecule has 0 heterocycles. The highest BCUT2D eigenvalue weighted by molar-refractivity contribution is 7.97. The van der Waals surface area contributed by atoms with Crippen molar-refractivity contribution in [2.75, 3.05) is 0 Å². The number of carbonyl (C=O) groups is 1. The molecular weight excluding hydrogens is 178 g/mol. The van der Waals surface area contributed by atoms with Gasteiger partial charge in [-0.05, 0) is 6.07 Å². The Morgan fingerprint density at radius 3 is 2.42 bits per heavy atom. The van der Waals surface area contributed by atoms with Gasteiger partial charge in [-0.3, -0.25) is 14.9 Å². The van der Waals surface area contributed by atoms with Gasteiger partial charge in [0.15, 0.2) is 0 Å². The third-order valence-corrected chi connectivity index (χ3v) is 1.57. The van der Waals surface area contributed by atoms with Crippen molar-refractivity contribution in [3.63, 3.8) is 0 Å². The van der Waals surface area contributed by atoms with Gasteiger partial charge in [0.05, 0.1) is 4.92 Å². The predicted octanol–water partition coefficient (Wildman–Crippen LogP) is 1.66. The van der Waals surface area contributed by atoms with E-state index in [0.717, 1.165) is 0 Å². The van der Waals surface area contributed by atoms with E-state index in [-0.39, 0.29) is 11.3 Å². The van der Waals surface area contributed by atoms with Crippen LogP contribution < -0.4 is 0 Å². The fraction of sp³-hybridized carbons (Fsp3) is 0. The Morgan fingerprint density at radius 1 is 1.42 bits per heavy atom. The maximum Gasteiger partial charge on any atom is 0.281 e. The summed E-state index contributed by atoms with van der Waals surface area (Å²) in [6.07, 6.45) is 0. The smallest absolute Gasteiger partial charge is 0.281 e. The topological polar surface area (TPSA) is 60.2 Å². The third-order valence-electron chi connectivity index (χ3n) is 1.33. The van der Waals surface area contributed by atoms with Crippen LogP contribution in [0.5, 0.6) is 0 Å². The van der Waals surface area contributed by atoms with E-state index in [2.05, 4.69) is 12.6 Å². The Morgan fingerprint density at radius 2 is 2.00 bits per heavy atom. The van der Waals surface area contributed by atoms with Gasteiger partial charge in [0.25, 0.3) is 5.69 Å². The first kappa shape index (κ1) is 8.73. The van der Waals surface area contributed by atoms with Crippen LogP contribution in [-0.4, -0.2) is 10.0 Å². The van der Waals surface area contributed by atoms with Gasteiger partial charge in [0.1, 0.15) is 5.56 Å². The number of benzene rings is 1. The van der Waals surface area contributed by atoms with Crippen LogP contribution in [0, 0.1) is 10.1 Å². The molecule has 0 N–H and O–H groups in total. The average Bonchev–Trinajstić information content (AvgIpc) is 2.04. The first-order chi connectivity index (χ1) is 5.63. The molecule has 12 heavy (non-hydrogen) atoms. The second kappa shape index (κ2) is 3.36. The third kappa shape index (κ3) is 1.62. The van der Waals surface area contributed by atoms with Gasteiger partial charge < -0.3 is 0 Å². The Hall–Kier alpha value is -1.36. The molecule has 1 aromatic rings. The summed E-state index contributed by atoms with van der Waals surface area (Å²) < 4.78 is 0. The molecule has 0 aliphatic carbocycles. The molecule has 0 fully saturated rings. The van der Waals surface area contributed by atoms with Crippen molar-refractivity contribution in [2.24, 2.45) is 0 Å². The van der Waals surface area contributed by atoms with Crippen LogP contribution in [-0.2, 0) is 0 Å². The number of nitro benzene ring substituents is 1. The van der Waals surface area contributed by atoms with Gasteiger partial charge in [0.2, 0.25) is 5.12 Å². The number of carbonyl (C=O) groups excluding carboxylic acids is 1. The molecule has 1 aromatic carbocycles. The Kier molecular flexibility index (Phi) is 2.44. The summed E-state index contributed by atoms with van der Waals surface area (Å²) in [6.45, 7) is 0. The van der Waals surface area contributed by atoms with Gasteiger partial charge in [0, 0.05) is 6.07 Å². The summed E-state index contributed by atoms with van der Waals surface area (Å²) in [4.78, 5) is 20.5. The lowest BCUT2D eigenvalue weighted by Crippen LogP contribution is -1.97. The van der Waals surface area contributed by atoms with Crippen molar-refractivity contribution >= 4 is 23.4 Å². The molecule has 0 saturated heterocycles. The molecule has 0 radical (unpaired) electrons. The molecule has 0 saturated carbocycles. The highest BCUT2D eigenvalue weighted by Gasteiger charge is 2.15. The van der Waals surface area contributed by atoms with E-state index in [1.54, 1.807) is 6.07 Å². The lowest BCUT2D eigenvalue weighted by atomic mass is 10.2. The van der Waals surface area contributed by atoms with E-state index in [0.29, 0.717) is 0 Å². The van der Waals surface area contributed by atoms with Crippen LogP contribution >= 0.6 is 12.6 Å². The van der Waals surface area contributed by atoms with Gasteiger partial charge in [-0.25, -0.2) is 0 Å². The van der Waals surface area contributed by atoms with Crippen LogP contribution in [0.4, 0.5) is 5.69 Å². The summed E-state index contributed by atoms with van der Waals surface area (Å²) in [7, 11) is 0. The summed E-state index contributed by atoms with van der Waals surface area (Å²) in [5.74, 6) is 0. The second-order valence-corrected chi connectivity index (χ2v) is 2.49. The number of hydrogen-bond donors (Lipinski definition) is 1. The quantitative estimate of drug-likeness (QED) is 0.431. The summed E-state index contributed by atoms with van der Waals surface area (Å²) in [6, 6.07) is 5.69. The largest absolute Gasteiger partial charge is 0.282 e. The molecule has 0 spiro atoms. The molecule has 4 nitrogen and oxygen atoms in total. The number of hydrogen-bond acceptors (Lipinski definition) is 3. The van der Waals surface area contributed by atoms with Crippen molar-refractivity contribution in [3.05, 3.63) is 39.9 Å². The lowest BCUT2D eigenvalue weighted by Gasteiger charge is -1.95. The highest BCUT2D eigenvalue weighted by Crippen LogP contribution is 2.18. The molecule has 1 rings (SSSR count). The molecular formula is C7H5NO3S. The van der Waals surface area contributed by atoms with Crippen molar-refractivity contribution in [1.82, 2.24) is 0 Å². The van der Waals surface area contributed by atoms with Crippen molar-refractivity contribution in [3.8, 4) is 0 Å². The standard InChI is InChI=1S/C7H5NO3S/c9-7(12)5-3-1-2-4-6(5)8(10)11/h1-4H,(H,9,12). The minimum absolute atomic E-state index is 0.0193. The average molecular weight is 183 g/mol. The zero-order valence-corrected chi connectivity index (χ0v) is 6.82. The number of nitro groups is 1. The van der Waals surface area contributed by atoms with Crippen LogP contribution in [0.25, 0.3) is 0 Å². The molecule has 0 aliphatic rings. The van der Waals surface area contributed by atoms with Crippen molar-refractivity contribution in [1.29, 1.82) is 0 Å². The monoisotopic (exact) mass is 183 g/mol. The molecule has 5 heteroatoms. The van der Waals surface area contributed by atoms with Crippen molar-refractivity contribution in [2.45, 2.75) is 0 Å². The first-order valence-corrected chi connectivity index (χ1v) is 3.54. The maximum absolute atomic E-state index is 10.7. The Labute approximate surface area is 73.8 Å². The SMILES string of the molecule is O=C(S)c1ccccc1[N+](=O)[O-]. The van der Waals surface area contributed by atoms with Crippen LogP contribution in [0.3, 0.4) is 0 Å². The lowest BCUT2D eigenvalue weighted by molar-refractivity contribution is -0.385. The first-order valence-electron chi connectivity index (χ1n) is 3.09. The van der Waals surface area contributed by atoms with E-state index >= 15 is 0 Å². The molecule has 0 aliphatic heterocycles. The number of nitrogens with zero attached hydrogens (tertiary/aromatic N) is 1. The summed E-state index contributed by atoms with van der Waals surface area (Å²) in [5.41, 5.74) is -0.191. The van der Waals surface area contributed by atoms with E-state index in [4.69, 9.17) is 0 Å². The molecule has 0 unspecified atom stereocenters. The van der Waals surface area contributed by atoms with Gasteiger partial charge in [-0.1, -0.05) is 12.1 Å². The van der Waals surface area contributed by atoms with Crippen LogP contribution in [0.1, 0.15) is 10.4 Å². The van der Waals surface area contributed by atoms with Crippen LogP contribution in [0.2, 0.25) is 0 Å².